The molecule has 100 valence electrons. The zero-order valence-electron chi connectivity index (χ0n) is 10.7. The van der Waals surface area contributed by atoms with Gasteiger partial charge >= 0.3 is 0 Å². The molecule has 1 fully saturated rings. The van der Waals surface area contributed by atoms with Gasteiger partial charge in [-0.2, -0.15) is 0 Å². The molecule has 2 unspecified atom stereocenters. The Labute approximate surface area is 116 Å². The molecule has 0 bridgehead atoms. The first-order valence-electron chi connectivity index (χ1n) is 6.58. The number of rotatable bonds is 4. The standard InChI is InChI=1S/C14H20BrFN2/c1-2-11-4-3-7-18(11)14(9-17)10-5-6-13(16)12(15)8-10/h5-6,8,11,14H,2-4,7,9,17H2,1H3. The van der Waals surface area contributed by atoms with E-state index in [0.717, 1.165) is 18.5 Å². The van der Waals surface area contributed by atoms with Crippen LogP contribution in [0, 0.1) is 5.82 Å². The van der Waals surface area contributed by atoms with Gasteiger partial charge in [-0.05, 0) is 59.4 Å². The summed E-state index contributed by atoms with van der Waals surface area (Å²) in [4.78, 5) is 2.47. The number of nitrogens with zero attached hydrogens (tertiary/aromatic N) is 1. The summed E-state index contributed by atoms with van der Waals surface area (Å²) in [5, 5.41) is 0. The first kappa shape index (κ1) is 14.0. The second kappa shape index (κ2) is 6.13. The van der Waals surface area contributed by atoms with E-state index in [-0.39, 0.29) is 11.9 Å². The van der Waals surface area contributed by atoms with Crippen molar-refractivity contribution in [1.82, 2.24) is 4.90 Å². The molecule has 1 saturated heterocycles. The van der Waals surface area contributed by atoms with Gasteiger partial charge in [-0.25, -0.2) is 4.39 Å². The maximum atomic E-state index is 13.3. The van der Waals surface area contributed by atoms with Crippen molar-refractivity contribution >= 4 is 15.9 Å². The lowest BCUT2D eigenvalue weighted by atomic mass is 10.0. The van der Waals surface area contributed by atoms with Crippen LogP contribution in [0.25, 0.3) is 0 Å². The minimum atomic E-state index is -0.219. The van der Waals surface area contributed by atoms with Crippen LogP contribution in [0.15, 0.2) is 22.7 Å². The highest BCUT2D eigenvalue weighted by Crippen LogP contribution is 2.31. The third kappa shape index (κ3) is 2.76. The largest absolute Gasteiger partial charge is 0.329 e. The molecular weight excluding hydrogens is 295 g/mol. The maximum Gasteiger partial charge on any atom is 0.137 e. The predicted molar refractivity (Wildman–Crippen MR) is 75.9 cm³/mol. The Morgan fingerprint density at radius 1 is 1.56 bits per heavy atom. The van der Waals surface area contributed by atoms with E-state index in [0.29, 0.717) is 17.1 Å². The van der Waals surface area contributed by atoms with Crippen LogP contribution in [0.2, 0.25) is 0 Å². The van der Waals surface area contributed by atoms with Crippen LogP contribution >= 0.6 is 15.9 Å². The fourth-order valence-electron chi connectivity index (χ4n) is 2.89. The quantitative estimate of drug-likeness (QED) is 0.922. The Morgan fingerprint density at radius 3 is 2.94 bits per heavy atom. The Hall–Kier alpha value is -0.450. The molecule has 1 aliphatic rings. The summed E-state index contributed by atoms with van der Waals surface area (Å²) < 4.78 is 13.8. The Morgan fingerprint density at radius 2 is 2.33 bits per heavy atom. The molecule has 2 nitrogen and oxygen atoms in total. The van der Waals surface area contributed by atoms with Gasteiger partial charge in [0.05, 0.1) is 4.47 Å². The average Bonchev–Trinajstić information content (AvgIpc) is 2.83. The SMILES string of the molecule is CCC1CCCN1C(CN)c1ccc(F)c(Br)c1. The van der Waals surface area contributed by atoms with Crippen LogP contribution in [-0.4, -0.2) is 24.0 Å². The first-order valence-corrected chi connectivity index (χ1v) is 7.37. The van der Waals surface area contributed by atoms with E-state index in [1.165, 1.54) is 18.9 Å². The molecule has 1 aromatic rings. The fraction of sp³-hybridized carbons (Fsp3) is 0.571. The van der Waals surface area contributed by atoms with Crippen LogP contribution in [0.3, 0.4) is 0 Å². The molecule has 0 saturated carbocycles. The molecule has 1 aliphatic heterocycles. The van der Waals surface area contributed by atoms with Crippen molar-refractivity contribution in [2.24, 2.45) is 5.73 Å². The number of halogens is 2. The number of hydrogen-bond donors (Lipinski definition) is 1. The lowest BCUT2D eigenvalue weighted by molar-refractivity contribution is 0.180. The van der Waals surface area contributed by atoms with Gasteiger partial charge in [0.2, 0.25) is 0 Å². The predicted octanol–water partition coefficient (Wildman–Crippen LogP) is 3.46. The van der Waals surface area contributed by atoms with E-state index >= 15 is 0 Å². The summed E-state index contributed by atoms with van der Waals surface area (Å²) in [6.45, 7) is 3.89. The zero-order chi connectivity index (χ0) is 13.1. The zero-order valence-corrected chi connectivity index (χ0v) is 12.3. The van der Waals surface area contributed by atoms with Crippen LogP contribution in [0.4, 0.5) is 4.39 Å². The molecular formula is C14H20BrFN2. The van der Waals surface area contributed by atoms with Gasteiger partial charge in [0.1, 0.15) is 5.82 Å². The lowest BCUT2D eigenvalue weighted by Gasteiger charge is -2.32. The Kier molecular flexibility index (Phi) is 4.76. The molecule has 2 N–H and O–H groups in total. The normalized spacial score (nSPS) is 22.3. The van der Waals surface area contributed by atoms with Crippen LogP contribution < -0.4 is 5.73 Å². The summed E-state index contributed by atoms with van der Waals surface area (Å²) in [7, 11) is 0. The van der Waals surface area contributed by atoms with E-state index in [2.05, 4.69) is 27.8 Å². The number of benzene rings is 1. The van der Waals surface area contributed by atoms with Gasteiger partial charge in [0, 0.05) is 18.6 Å². The van der Waals surface area contributed by atoms with Gasteiger partial charge in [0.15, 0.2) is 0 Å². The molecule has 0 amide bonds. The highest BCUT2D eigenvalue weighted by molar-refractivity contribution is 9.10. The van der Waals surface area contributed by atoms with Crippen molar-refractivity contribution in [1.29, 1.82) is 0 Å². The van der Waals surface area contributed by atoms with E-state index in [4.69, 9.17) is 5.73 Å². The summed E-state index contributed by atoms with van der Waals surface area (Å²) in [6.07, 6.45) is 3.63. The molecule has 1 heterocycles. The smallest absolute Gasteiger partial charge is 0.137 e. The molecule has 2 atom stereocenters. The molecule has 2 rings (SSSR count). The minimum Gasteiger partial charge on any atom is -0.329 e. The molecule has 0 aliphatic carbocycles. The van der Waals surface area contributed by atoms with Crippen molar-refractivity contribution in [2.75, 3.05) is 13.1 Å². The van der Waals surface area contributed by atoms with E-state index in [9.17, 15) is 4.39 Å². The van der Waals surface area contributed by atoms with Crippen LogP contribution in [-0.2, 0) is 0 Å². The molecule has 4 heteroatoms. The Bertz CT molecular complexity index is 411. The number of nitrogens with two attached hydrogens (primary N) is 1. The Balaban J connectivity index is 2.24. The molecule has 0 aromatic heterocycles. The van der Waals surface area contributed by atoms with Crippen molar-refractivity contribution in [2.45, 2.75) is 38.3 Å². The number of hydrogen-bond acceptors (Lipinski definition) is 2. The summed E-state index contributed by atoms with van der Waals surface area (Å²) in [5.74, 6) is -0.219. The van der Waals surface area contributed by atoms with Crippen molar-refractivity contribution < 1.29 is 4.39 Å². The van der Waals surface area contributed by atoms with E-state index < -0.39 is 0 Å². The van der Waals surface area contributed by atoms with Gasteiger partial charge in [-0.1, -0.05) is 13.0 Å². The van der Waals surface area contributed by atoms with E-state index in [1.807, 2.05) is 12.1 Å². The van der Waals surface area contributed by atoms with Crippen molar-refractivity contribution in [3.8, 4) is 0 Å². The second-order valence-corrected chi connectivity index (χ2v) is 5.72. The summed E-state index contributed by atoms with van der Waals surface area (Å²) >= 11 is 3.25. The van der Waals surface area contributed by atoms with Gasteiger partial charge in [-0.15, -0.1) is 0 Å². The lowest BCUT2D eigenvalue weighted by Crippen LogP contribution is -2.37. The highest BCUT2D eigenvalue weighted by atomic mass is 79.9. The van der Waals surface area contributed by atoms with Gasteiger partial charge in [-0.3, -0.25) is 4.90 Å². The third-order valence-corrected chi connectivity index (χ3v) is 4.45. The second-order valence-electron chi connectivity index (χ2n) is 4.87. The van der Waals surface area contributed by atoms with Crippen molar-refractivity contribution in [3.05, 3.63) is 34.1 Å². The summed E-state index contributed by atoms with van der Waals surface area (Å²) in [6, 6.07) is 6.04. The fourth-order valence-corrected chi connectivity index (χ4v) is 3.29. The third-order valence-electron chi connectivity index (χ3n) is 3.85. The summed E-state index contributed by atoms with van der Waals surface area (Å²) in [5.41, 5.74) is 7.04. The van der Waals surface area contributed by atoms with Crippen LogP contribution in [0.1, 0.15) is 37.8 Å². The minimum absolute atomic E-state index is 0.203. The van der Waals surface area contributed by atoms with E-state index in [1.54, 1.807) is 0 Å². The highest BCUT2D eigenvalue weighted by Gasteiger charge is 2.29. The van der Waals surface area contributed by atoms with Gasteiger partial charge < -0.3 is 5.73 Å². The molecule has 0 spiro atoms. The monoisotopic (exact) mass is 314 g/mol. The molecule has 0 radical (unpaired) electrons. The van der Waals surface area contributed by atoms with Crippen LogP contribution in [0.5, 0.6) is 0 Å². The average molecular weight is 315 g/mol. The van der Waals surface area contributed by atoms with Gasteiger partial charge in [0.25, 0.3) is 0 Å². The maximum absolute atomic E-state index is 13.3. The molecule has 18 heavy (non-hydrogen) atoms. The molecule has 1 aromatic carbocycles. The first-order chi connectivity index (χ1) is 8.67. The topological polar surface area (TPSA) is 29.3 Å². The van der Waals surface area contributed by atoms with Crippen molar-refractivity contribution in [3.63, 3.8) is 0 Å². The number of likely N-dealkylation sites (tertiary alicyclic amines) is 1.